The number of fused-ring (bicyclic) bond motifs is 1. The normalized spacial score (nSPS) is 16.2. The number of anilines is 1. The molecule has 1 fully saturated rings. The van der Waals surface area contributed by atoms with Crippen LogP contribution < -0.4 is 15.4 Å². The average Bonchev–Trinajstić information content (AvgIpc) is 3.35. The Labute approximate surface area is 174 Å². The van der Waals surface area contributed by atoms with E-state index in [9.17, 15) is 9.50 Å². The van der Waals surface area contributed by atoms with Crippen molar-refractivity contribution in [2.75, 3.05) is 24.6 Å². The standard InChI is InChI=1S/C20H24FN5O2.ClH/c21-15-4-5-18(28-10-2-7-22)16(11-15)17-3-1-8-25(17)19-6-9-26-20(24-19)14(13-27)12-23-26;/h4-6,9,11-12,17,27H,1-3,7-8,10,13,22H2;1H/t17-;/m1./s1. The van der Waals surface area contributed by atoms with Crippen molar-refractivity contribution < 1.29 is 14.2 Å². The lowest BCUT2D eigenvalue weighted by Crippen LogP contribution is -2.24. The van der Waals surface area contributed by atoms with Crippen LogP contribution in [-0.2, 0) is 6.61 Å². The van der Waals surface area contributed by atoms with Crippen molar-refractivity contribution in [3.05, 3.63) is 53.6 Å². The van der Waals surface area contributed by atoms with Crippen LogP contribution in [-0.4, -0.2) is 39.4 Å². The van der Waals surface area contributed by atoms with Crippen LogP contribution in [0.25, 0.3) is 5.65 Å². The molecule has 1 saturated heterocycles. The van der Waals surface area contributed by atoms with E-state index >= 15 is 0 Å². The zero-order valence-electron chi connectivity index (χ0n) is 16.0. The molecule has 2 aromatic heterocycles. The Morgan fingerprint density at radius 3 is 2.97 bits per heavy atom. The minimum atomic E-state index is -0.283. The number of rotatable bonds is 7. The van der Waals surface area contributed by atoms with Crippen LogP contribution in [0.3, 0.4) is 0 Å². The monoisotopic (exact) mass is 421 g/mol. The van der Waals surface area contributed by atoms with Gasteiger partial charge in [-0.15, -0.1) is 12.4 Å². The summed E-state index contributed by atoms with van der Waals surface area (Å²) in [5.74, 6) is 1.19. The number of hydrogen-bond acceptors (Lipinski definition) is 6. The van der Waals surface area contributed by atoms with Gasteiger partial charge in [0.25, 0.3) is 0 Å². The topological polar surface area (TPSA) is 88.9 Å². The summed E-state index contributed by atoms with van der Waals surface area (Å²) >= 11 is 0. The fourth-order valence-corrected chi connectivity index (χ4v) is 3.72. The predicted molar refractivity (Wildman–Crippen MR) is 111 cm³/mol. The quantitative estimate of drug-likeness (QED) is 0.570. The molecule has 1 aliphatic heterocycles. The molecule has 156 valence electrons. The Kier molecular flexibility index (Phi) is 6.89. The maximum atomic E-state index is 14.0. The highest BCUT2D eigenvalue weighted by Gasteiger charge is 2.30. The first-order chi connectivity index (χ1) is 13.7. The summed E-state index contributed by atoms with van der Waals surface area (Å²) in [6.07, 6.45) is 6.05. The maximum Gasteiger partial charge on any atom is 0.162 e. The number of nitrogens with zero attached hydrogens (tertiary/aromatic N) is 4. The van der Waals surface area contributed by atoms with E-state index < -0.39 is 0 Å². The summed E-state index contributed by atoms with van der Waals surface area (Å²) in [6.45, 7) is 1.75. The molecule has 0 saturated carbocycles. The van der Waals surface area contributed by atoms with Crippen molar-refractivity contribution in [2.24, 2.45) is 5.73 Å². The van der Waals surface area contributed by atoms with Gasteiger partial charge in [0, 0.05) is 23.9 Å². The van der Waals surface area contributed by atoms with Gasteiger partial charge >= 0.3 is 0 Å². The number of aromatic nitrogens is 3. The molecular formula is C20H25ClFN5O2. The minimum Gasteiger partial charge on any atom is -0.493 e. The van der Waals surface area contributed by atoms with Crippen molar-refractivity contribution >= 4 is 23.9 Å². The van der Waals surface area contributed by atoms with E-state index in [2.05, 4.69) is 10.00 Å². The third-order valence-electron chi connectivity index (χ3n) is 5.08. The second-order valence-electron chi connectivity index (χ2n) is 6.91. The molecule has 3 aromatic rings. The number of aliphatic hydroxyl groups excluding tert-OH is 1. The fourth-order valence-electron chi connectivity index (χ4n) is 3.72. The van der Waals surface area contributed by atoms with E-state index in [0.717, 1.165) is 37.2 Å². The molecule has 0 amide bonds. The third kappa shape index (κ3) is 4.29. The highest BCUT2D eigenvalue weighted by molar-refractivity contribution is 5.85. The summed E-state index contributed by atoms with van der Waals surface area (Å²) in [5.41, 5.74) is 7.68. The second kappa shape index (κ2) is 9.39. The van der Waals surface area contributed by atoms with Gasteiger partial charge in [0.05, 0.1) is 25.5 Å². The number of benzene rings is 1. The van der Waals surface area contributed by atoms with Gasteiger partial charge < -0.3 is 20.5 Å². The van der Waals surface area contributed by atoms with Gasteiger partial charge in [0.2, 0.25) is 0 Å². The molecule has 0 bridgehead atoms. The van der Waals surface area contributed by atoms with Gasteiger partial charge in [-0.1, -0.05) is 0 Å². The van der Waals surface area contributed by atoms with Crippen LogP contribution in [0.5, 0.6) is 5.75 Å². The SMILES string of the molecule is Cl.NCCCOc1ccc(F)cc1[C@H]1CCCN1c1ccn2ncc(CO)c2n1. The van der Waals surface area contributed by atoms with Gasteiger partial charge in [0.1, 0.15) is 17.4 Å². The van der Waals surface area contributed by atoms with Crippen LogP contribution in [0.2, 0.25) is 0 Å². The van der Waals surface area contributed by atoms with E-state index in [1.54, 1.807) is 22.8 Å². The molecular weight excluding hydrogens is 397 g/mol. The van der Waals surface area contributed by atoms with Crippen molar-refractivity contribution in [1.29, 1.82) is 0 Å². The number of aliphatic hydroxyl groups is 1. The van der Waals surface area contributed by atoms with E-state index in [4.69, 9.17) is 15.5 Å². The van der Waals surface area contributed by atoms with Gasteiger partial charge in [-0.25, -0.2) is 13.9 Å². The first kappa shape index (κ1) is 21.3. The lowest BCUT2D eigenvalue weighted by Gasteiger charge is -2.27. The molecule has 1 atom stereocenters. The lowest BCUT2D eigenvalue weighted by molar-refractivity contribution is 0.283. The summed E-state index contributed by atoms with van der Waals surface area (Å²) in [7, 11) is 0. The van der Waals surface area contributed by atoms with E-state index in [1.165, 1.54) is 6.07 Å². The van der Waals surface area contributed by atoms with Gasteiger partial charge in [-0.05, 0) is 50.1 Å². The van der Waals surface area contributed by atoms with Crippen molar-refractivity contribution in [3.8, 4) is 5.75 Å². The molecule has 3 heterocycles. The van der Waals surface area contributed by atoms with Crippen LogP contribution in [0, 0.1) is 5.82 Å². The van der Waals surface area contributed by atoms with E-state index in [-0.39, 0.29) is 30.9 Å². The molecule has 7 nitrogen and oxygen atoms in total. The summed E-state index contributed by atoms with van der Waals surface area (Å²) < 4.78 is 21.6. The number of hydrogen-bond donors (Lipinski definition) is 2. The molecule has 0 aliphatic carbocycles. The largest absolute Gasteiger partial charge is 0.493 e. The third-order valence-corrected chi connectivity index (χ3v) is 5.08. The first-order valence-corrected chi connectivity index (χ1v) is 9.54. The van der Waals surface area contributed by atoms with Crippen LogP contribution in [0.4, 0.5) is 10.2 Å². The molecule has 9 heteroatoms. The van der Waals surface area contributed by atoms with Gasteiger partial charge in [-0.2, -0.15) is 5.10 Å². The van der Waals surface area contributed by atoms with Crippen molar-refractivity contribution in [3.63, 3.8) is 0 Å². The Morgan fingerprint density at radius 2 is 2.17 bits per heavy atom. The lowest BCUT2D eigenvalue weighted by atomic mass is 10.0. The molecule has 4 rings (SSSR count). The van der Waals surface area contributed by atoms with Crippen LogP contribution in [0.15, 0.2) is 36.7 Å². The molecule has 0 unspecified atom stereocenters. The van der Waals surface area contributed by atoms with Crippen molar-refractivity contribution in [2.45, 2.75) is 31.9 Å². The Balaban J connectivity index is 0.00000240. The van der Waals surface area contributed by atoms with Crippen molar-refractivity contribution in [1.82, 2.24) is 14.6 Å². The Bertz CT molecular complexity index is 967. The molecule has 1 aromatic carbocycles. The first-order valence-electron chi connectivity index (χ1n) is 9.54. The summed E-state index contributed by atoms with van der Waals surface area (Å²) in [6, 6.07) is 6.53. The molecule has 3 N–H and O–H groups in total. The number of halogens is 2. The van der Waals surface area contributed by atoms with E-state index in [1.807, 2.05) is 12.3 Å². The smallest absolute Gasteiger partial charge is 0.162 e. The molecule has 1 aliphatic rings. The summed E-state index contributed by atoms with van der Waals surface area (Å²) in [4.78, 5) is 6.87. The number of ether oxygens (including phenoxy) is 1. The van der Waals surface area contributed by atoms with Crippen LogP contribution >= 0.6 is 12.4 Å². The fraction of sp³-hybridized carbons (Fsp3) is 0.400. The zero-order valence-corrected chi connectivity index (χ0v) is 16.8. The van der Waals surface area contributed by atoms with Gasteiger partial charge in [0.15, 0.2) is 5.65 Å². The second-order valence-corrected chi connectivity index (χ2v) is 6.91. The van der Waals surface area contributed by atoms with Gasteiger partial charge in [-0.3, -0.25) is 0 Å². The average molecular weight is 422 g/mol. The highest BCUT2D eigenvalue weighted by Crippen LogP contribution is 2.39. The summed E-state index contributed by atoms with van der Waals surface area (Å²) in [5, 5.41) is 13.7. The molecule has 29 heavy (non-hydrogen) atoms. The highest BCUT2D eigenvalue weighted by atomic mass is 35.5. The predicted octanol–water partition coefficient (Wildman–Crippen LogP) is 2.85. The van der Waals surface area contributed by atoms with E-state index in [0.29, 0.717) is 30.1 Å². The molecule has 0 spiro atoms. The Morgan fingerprint density at radius 1 is 1.31 bits per heavy atom. The number of nitrogens with two attached hydrogens (primary N) is 1. The maximum absolute atomic E-state index is 14.0. The zero-order chi connectivity index (χ0) is 19.5. The molecule has 0 radical (unpaired) electrons. The van der Waals surface area contributed by atoms with Crippen LogP contribution in [0.1, 0.15) is 36.4 Å². The Hall–Kier alpha value is -2.42. The minimum absolute atomic E-state index is 0.